The lowest BCUT2D eigenvalue weighted by Crippen LogP contribution is -2.31. The first kappa shape index (κ1) is 19.4. The highest BCUT2D eigenvalue weighted by atomic mass is 32.1. The molecule has 158 valence electrons. The standard InChI is InChI=1S/C27H24N4S/c1-2-7-20(8-3-1)16-31-18-22(23-9-4-5-10-25(23)31)17-30-13-12-21-15-28-27(29-24(21)19-30)26-11-6-14-32-26/h1-11,14-15,18H,12-13,16-17,19H2. The molecule has 0 saturated heterocycles. The highest BCUT2D eigenvalue weighted by Crippen LogP contribution is 2.27. The minimum Gasteiger partial charge on any atom is -0.343 e. The average molecular weight is 437 g/mol. The number of para-hydroxylation sites is 1. The van der Waals surface area contributed by atoms with Crippen LogP contribution in [0.4, 0.5) is 0 Å². The largest absolute Gasteiger partial charge is 0.343 e. The molecule has 0 atom stereocenters. The van der Waals surface area contributed by atoms with Crippen molar-refractivity contribution < 1.29 is 0 Å². The van der Waals surface area contributed by atoms with E-state index in [-0.39, 0.29) is 0 Å². The number of fused-ring (bicyclic) bond motifs is 2. The van der Waals surface area contributed by atoms with Crippen LogP contribution in [-0.2, 0) is 26.1 Å². The summed E-state index contributed by atoms with van der Waals surface area (Å²) in [6, 6.07) is 23.6. The van der Waals surface area contributed by atoms with Gasteiger partial charge in [-0.3, -0.25) is 4.90 Å². The topological polar surface area (TPSA) is 34.0 Å². The van der Waals surface area contributed by atoms with Gasteiger partial charge in [-0.1, -0.05) is 54.6 Å². The molecule has 0 spiro atoms. The molecule has 2 aromatic carbocycles. The van der Waals surface area contributed by atoms with E-state index in [0.717, 1.165) is 43.3 Å². The molecule has 5 heteroatoms. The minimum atomic E-state index is 0.847. The maximum Gasteiger partial charge on any atom is 0.169 e. The van der Waals surface area contributed by atoms with Crippen molar-refractivity contribution in [1.82, 2.24) is 19.4 Å². The molecule has 0 saturated carbocycles. The summed E-state index contributed by atoms with van der Waals surface area (Å²) in [4.78, 5) is 13.2. The van der Waals surface area contributed by atoms with Crippen LogP contribution in [0, 0.1) is 0 Å². The number of nitrogens with zero attached hydrogens (tertiary/aromatic N) is 4. The minimum absolute atomic E-state index is 0.847. The summed E-state index contributed by atoms with van der Waals surface area (Å²) < 4.78 is 2.38. The van der Waals surface area contributed by atoms with Crippen LogP contribution in [0.5, 0.6) is 0 Å². The van der Waals surface area contributed by atoms with Crippen LogP contribution in [0.3, 0.4) is 0 Å². The van der Waals surface area contributed by atoms with Gasteiger partial charge in [0.05, 0.1) is 10.6 Å². The molecule has 5 aromatic rings. The number of aromatic nitrogens is 3. The van der Waals surface area contributed by atoms with E-state index in [2.05, 4.69) is 92.8 Å². The Kier molecular flexibility index (Phi) is 5.06. The molecule has 0 radical (unpaired) electrons. The van der Waals surface area contributed by atoms with Crippen LogP contribution >= 0.6 is 11.3 Å². The molecule has 4 nitrogen and oxygen atoms in total. The first-order chi connectivity index (χ1) is 15.8. The Hall–Kier alpha value is -3.28. The van der Waals surface area contributed by atoms with Crippen LogP contribution in [0.15, 0.2) is 84.5 Å². The molecule has 1 aliphatic rings. The molecule has 0 fully saturated rings. The van der Waals surface area contributed by atoms with Crippen molar-refractivity contribution in [1.29, 1.82) is 0 Å². The Morgan fingerprint density at radius 3 is 2.66 bits per heavy atom. The van der Waals surface area contributed by atoms with Gasteiger partial charge < -0.3 is 4.57 Å². The lowest BCUT2D eigenvalue weighted by Gasteiger charge is -2.27. The van der Waals surface area contributed by atoms with E-state index in [4.69, 9.17) is 4.98 Å². The second-order valence-corrected chi connectivity index (χ2v) is 9.34. The van der Waals surface area contributed by atoms with E-state index >= 15 is 0 Å². The summed E-state index contributed by atoms with van der Waals surface area (Å²) in [5.41, 5.74) is 6.46. The van der Waals surface area contributed by atoms with Crippen LogP contribution in [-0.4, -0.2) is 26.0 Å². The zero-order chi connectivity index (χ0) is 21.3. The molecule has 0 bridgehead atoms. The molecule has 0 aliphatic carbocycles. The lowest BCUT2D eigenvalue weighted by atomic mass is 10.1. The van der Waals surface area contributed by atoms with Gasteiger partial charge in [-0.15, -0.1) is 11.3 Å². The summed E-state index contributed by atoms with van der Waals surface area (Å²) in [6.45, 7) is 3.73. The number of hydrogen-bond acceptors (Lipinski definition) is 4. The Morgan fingerprint density at radius 1 is 0.906 bits per heavy atom. The summed E-state index contributed by atoms with van der Waals surface area (Å²) in [5, 5.41) is 3.42. The van der Waals surface area contributed by atoms with E-state index in [1.165, 1.54) is 33.3 Å². The molecule has 4 heterocycles. The fourth-order valence-corrected chi connectivity index (χ4v) is 5.28. The van der Waals surface area contributed by atoms with E-state index in [1.807, 2.05) is 6.20 Å². The number of benzene rings is 2. The summed E-state index contributed by atoms with van der Waals surface area (Å²) in [7, 11) is 0. The van der Waals surface area contributed by atoms with E-state index in [9.17, 15) is 0 Å². The van der Waals surface area contributed by atoms with Crippen molar-refractivity contribution in [3.63, 3.8) is 0 Å². The van der Waals surface area contributed by atoms with Gasteiger partial charge in [-0.25, -0.2) is 9.97 Å². The van der Waals surface area contributed by atoms with Gasteiger partial charge >= 0.3 is 0 Å². The SMILES string of the molecule is c1ccc(Cn2cc(CN3CCc4cnc(-c5cccs5)nc4C3)c3ccccc32)cc1. The van der Waals surface area contributed by atoms with Gasteiger partial charge in [0.1, 0.15) is 0 Å². The van der Waals surface area contributed by atoms with E-state index < -0.39 is 0 Å². The predicted molar refractivity (Wildman–Crippen MR) is 131 cm³/mol. The van der Waals surface area contributed by atoms with Gasteiger partial charge in [0.15, 0.2) is 5.82 Å². The second-order valence-electron chi connectivity index (χ2n) is 8.39. The van der Waals surface area contributed by atoms with Gasteiger partial charge in [0.2, 0.25) is 0 Å². The number of hydrogen-bond donors (Lipinski definition) is 0. The molecule has 0 amide bonds. The van der Waals surface area contributed by atoms with Crippen LogP contribution in [0.25, 0.3) is 21.6 Å². The fraction of sp³-hybridized carbons (Fsp3) is 0.185. The smallest absolute Gasteiger partial charge is 0.169 e. The van der Waals surface area contributed by atoms with Crippen molar-refractivity contribution in [2.45, 2.75) is 26.1 Å². The molecule has 6 rings (SSSR count). The maximum atomic E-state index is 4.92. The van der Waals surface area contributed by atoms with Crippen LogP contribution in [0.2, 0.25) is 0 Å². The molecule has 0 unspecified atom stereocenters. The zero-order valence-corrected chi connectivity index (χ0v) is 18.6. The highest BCUT2D eigenvalue weighted by molar-refractivity contribution is 7.13. The predicted octanol–water partition coefficient (Wildman–Crippen LogP) is 5.77. The van der Waals surface area contributed by atoms with E-state index in [1.54, 1.807) is 11.3 Å². The zero-order valence-electron chi connectivity index (χ0n) is 17.8. The molecule has 3 aromatic heterocycles. The third-order valence-electron chi connectivity index (χ3n) is 6.23. The van der Waals surface area contributed by atoms with Crippen molar-refractivity contribution in [2.24, 2.45) is 0 Å². The number of rotatable bonds is 5. The summed E-state index contributed by atoms with van der Waals surface area (Å²) in [6.07, 6.45) is 5.37. The Labute approximate surface area is 191 Å². The van der Waals surface area contributed by atoms with Gasteiger partial charge in [0, 0.05) is 49.5 Å². The molecule has 0 N–H and O–H groups in total. The lowest BCUT2D eigenvalue weighted by molar-refractivity contribution is 0.242. The summed E-state index contributed by atoms with van der Waals surface area (Å²) >= 11 is 1.69. The van der Waals surface area contributed by atoms with Crippen molar-refractivity contribution in [2.75, 3.05) is 6.54 Å². The van der Waals surface area contributed by atoms with Crippen molar-refractivity contribution in [3.05, 3.63) is 107 Å². The normalized spacial score (nSPS) is 14.0. The first-order valence-electron chi connectivity index (χ1n) is 11.1. The average Bonchev–Trinajstić information content (AvgIpc) is 3.49. The molecular weight excluding hydrogens is 412 g/mol. The Bertz CT molecular complexity index is 1360. The van der Waals surface area contributed by atoms with Crippen LogP contribution in [0.1, 0.15) is 22.4 Å². The molecule has 32 heavy (non-hydrogen) atoms. The molecule has 1 aliphatic heterocycles. The second kappa shape index (κ2) is 8.34. The number of thiophene rings is 1. The quantitative estimate of drug-likeness (QED) is 0.351. The van der Waals surface area contributed by atoms with Gasteiger partial charge in [0.25, 0.3) is 0 Å². The first-order valence-corrected chi connectivity index (χ1v) is 11.9. The third kappa shape index (κ3) is 3.74. The van der Waals surface area contributed by atoms with Crippen molar-refractivity contribution in [3.8, 4) is 10.7 Å². The monoisotopic (exact) mass is 436 g/mol. The summed E-state index contributed by atoms with van der Waals surface area (Å²) in [5.74, 6) is 0.847. The van der Waals surface area contributed by atoms with Crippen molar-refractivity contribution >= 4 is 22.2 Å². The third-order valence-corrected chi connectivity index (χ3v) is 7.09. The van der Waals surface area contributed by atoms with Crippen LogP contribution < -0.4 is 0 Å². The van der Waals surface area contributed by atoms with E-state index in [0.29, 0.717) is 0 Å². The Balaban J connectivity index is 1.27. The van der Waals surface area contributed by atoms with Gasteiger partial charge in [-0.2, -0.15) is 0 Å². The Morgan fingerprint density at radius 2 is 1.78 bits per heavy atom. The highest BCUT2D eigenvalue weighted by Gasteiger charge is 2.21. The fourth-order valence-electron chi connectivity index (χ4n) is 4.62. The maximum absolute atomic E-state index is 4.92. The van der Waals surface area contributed by atoms with Gasteiger partial charge in [-0.05, 0) is 40.6 Å². The molecular formula is C27H24N4S.